The number of nitrogens with one attached hydrogen (secondary N) is 1. The summed E-state index contributed by atoms with van der Waals surface area (Å²) in [7, 11) is 0. The van der Waals surface area contributed by atoms with Crippen molar-refractivity contribution in [2.24, 2.45) is 0 Å². The Kier molecular flexibility index (Phi) is 4.94. The lowest BCUT2D eigenvalue weighted by Gasteiger charge is -2.11. The van der Waals surface area contributed by atoms with Crippen molar-refractivity contribution < 1.29 is 0 Å². The Morgan fingerprint density at radius 2 is 2.00 bits per heavy atom. The zero-order valence-electron chi connectivity index (χ0n) is 8.29. The van der Waals surface area contributed by atoms with Gasteiger partial charge < -0.3 is 5.32 Å². The highest BCUT2D eigenvalue weighted by Crippen LogP contribution is 2.00. The van der Waals surface area contributed by atoms with E-state index in [9.17, 15) is 0 Å². The van der Waals surface area contributed by atoms with Gasteiger partial charge in [0.1, 0.15) is 0 Å². The molecule has 0 aromatic heterocycles. The van der Waals surface area contributed by atoms with Gasteiger partial charge in [-0.25, -0.2) is 0 Å². The normalized spacial score (nSPS) is 12.8. The molecule has 0 spiro atoms. The van der Waals surface area contributed by atoms with Gasteiger partial charge in [-0.3, -0.25) is 0 Å². The summed E-state index contributed by atoms with van der Waals surface area (Å²) in [4.78, 5) is 0. The first kappa shape index (κ1) is 10.6. The molecular formula is C11H17NS. The predicted molar refractivity (Wildman–Crippen MR) is 61.1 cm³/mol. The number of hydrogen-bond acceptors (Lipinski definition) is 2. The van der Waals surface area contributed by atoms with Crippen LogP contribution >= 0.6 is 11.8 Å². The molecule has 1 rings (SSSR count). The number of benzene rings is 1. The first-order valence-corrected chi connectivity index (χ1v) is 5.98. The minimum Gasteiger partial charge on any atom is -0.309 e. The molecule has 0 aliphatic rings. The molecule has 0 fully saturated rings. The van der Waals surface area contributed by atoms with E-state index in [2.05, 4.69) is 48.8 Å². The monoisotopic (exact) mass is 195 g/mol. The molecule has 1 aromatic rings. The molecule has 0 aliphatic heterocycles. The van der Waals surface area contributed by atoms with Gasteiger partial charge in [0.15, 0.2) is 0 Å². The lowest BCUT2D eigenvalue weighted by atomic mass is 10.2. The molecule has 1 nitrogen and oxygen atoms in total. The van der Waals surface area contributed by atoms with Gasteiger partial charge in [-0.2, -0.15) is 11.8 Å². The smallest absolute Gasteiger partial charge is 0.0208 e. The third-order valence-electron chi connectivity index (χ3n) is 1.91. The van der Waals surface area contributed by atoms with Crippen LogP contribution in [0.15, 0.2) is 30.3 Å². The van der Waals surface area contributed by atoms with E-state index in [4.69, 9.17) is 0 Å². The minimum atomic E-state index is 0.593. The summed E-state index contributed by atoms with van der Waals surface area (Å²) < 4.78 is 0. The van der Waals surface area contributed by atoms with E-state index in [1.54, 1.807) is 0 Å². The maximum absolute atomic E-state index is 3.48. The highest BCUT2D eigenvalue weighted by atomic mass is 32.2. The fraction of sp³-hybridized carbons (Fsp3) is 0.455. The Bertz CT molecular complexity index is 223. The van der Waals surface area contributed by atoms with Gasteiger partial charge in [0.05, 0.1) is 0 Å². The SMILES string of the molecule is CSCC(C)NCc1ccccc1. The van der Waals surface area contributed by atoms with Crippen LogP contribution in [-0.4, -0.2) is 18.1 Å². The molecular weight excluding hydrogens is 178 g/mol. The third kappa shape index (κ3) is 4.34. The number of thioether (sulfide) groups is 1. The fourth-order valence-electron chi connectivity index (χ4n) is 1.20. The summed E-state index contributed by atoms with van der Waals surface area (Å²) in [5.41, 5.74) is 1.36. The van der Waals surface area contributed by atoms with Crippen molar-refractivity contribution in [1.29, 1.82) is 0 Å². The summed E-state index contributed by atoms with van der Waals surface area (Å²) in [5, 5.41) is 3.48. The Hall–Kier alpha value is -0.470. The molecule has 1 N–H and O–H groups in total. The van der Waals surface area contributed by atoms with Crippen molar-refractivity contribution in [1.82, 2.24) is 5.32 Å². The first-order chi connectivity index (χ1) is 6.33. The van der Waals surface area contributed by atoms with Gasteiger partial charge in [0.25, 0.3) is 0 Å². The van der Waals surface area contributed by atoms with Crippen LogP contribution in [0.25, 0.3) is 0 Å². The molecule has 1 atom stereocenters. The molecule has 1 unspecified atom stereocenters. The van der Waals surface area contributed by atoms with E-state index in [0.717, 1.165) is 6.54 Å². The van der Waals surface area contributed by atoms with E-state index in [1.165, 1.54) is 11.3 Å². The lowest BCUT2D eigenvalue weighted by Crippen LogP contribution is -2.27. The molecule has 0 saturated heterocycles. The first-order valence-electron chi connectivity index (χ1n) is 4.59. The van der Waals surface area contributed by atoms with Gasteiger partial charge in [0, 0.05) is 18.3 Å². The highest BCUT2D eigenvalue weighted by molar-refractivity contribution is 7.98. The summed E-state index contributed by atoms with van der Waals surface area (Å²) in [6.07, 6.45) is 2.14. The average Bonchev–Trinajstić information content (AvgIpc) is 2.17. The quantitative estimate of drug-likeness (QED) is 0.775. The predicted octanol–water partition coefficient (Wildman–Crippen LogP) is 2.53. The van der Waals surface area contributed by atoms with Crippen molar-refractivity contribution in [3.63, 3.8) is 0 Å². The van der Waals surface area contributed by atoms with Gasteiger partial charge in [-0.1, -0.05) is 30.3 Å². The van der Waals surface area contributed by atoms with Crippen LogP contribution in [0.1, 0.15) is 12.5 Å². The highest BCUT2D eigenvalue weighted by Gasteiger charge is 1.98. The molecule has 13 heavy (non-hydrogen) atoms. The second-order valence-electron chi connectivity index (χ2n) is 3.22. The van der Waals surface area contributed by atoms with Crippen LogP contribution in [-0.2, 0) is 6.54 Å². The second kappa shape index (κ2) is 6.06. The van der Waals surface area contributed by atoms with Crippen molar-refractivity contribution in [3.8, 4) is 0 Å². The van der Waals surface area contributed by atoms with Gasteiger partial charge in [-0.15, -0.1) is 0 Å². The summed E-state index contributed by atoms with van der Waals surface area (Å²) in [6.45, 7) is 3.20. The third-order valence-corrected chi connectivity index (χ3v) is 2.75. The topological polar surface area (TPSA) is 12.0 Å². The van der Waals surface area contributed by atoms with E-state index in [1.807, 2.05) is 11.8 Å². The Labute approximate surface area is 84.9 Å². The molecule has 72 valence electrons. The van der Waals surface area contributed by atoms with Crippen LogP contribution in [0.4, 0.5) is 0 Å². The van der Waals surface area contributed by atoms with Crippen LogP contribution in [0.2, 0.25) is 0 Å². The molecule has 0 radical (unpaired) electrons. The molecule has 0 heterocycles. The van der Waals surface area contributed by atoms with Gasteiger partial charge >= 0.3 is 0 Å². The molecule has 2 heteroatoms. The van der Waals surface area contributed by atoms with Crippen LogP contribution in [0.3, 0.4) is 0 Å². The fourth-order valence-corrected chi connectivity index (χ4v) is 1.81. The van der Waals surface area contributed by atoms with E-state index < -0.39 is 0 Å². The Morgan fingerprint density at radius 1 is 1.31 bits per heavy atom. The minimum absolute atomic E-state index is 0.593. The van der Waals surface area contributed by atoms with Crippen molar-refractivity contribution in [3.05, 3.63) is 35.9 Å². The van der Waals surface area contributed by atoms with Crippen molar-refractivity contribution in [2.45, 2.75) is 19.5 Å². The molecule has 0 bridgehead atoms. The standard InChI is InChI=1S/C11H17NS/c1-10(9-13-2)12-8-11-6-4-3-5-7-11/h3-7,10,12H,8-9H2,1-2H3. The molecule has 0 saturated carbocycles. The maximum atomic E-state index is 3.48. The largest absolute Gasteiger partial charge is 0.309 e. The van der Waals surface area contributed by atoms with E-state index >= 15 is 0 Å². The van der Waals surface area contributed by atoms with Crippen molar-refractivity contribution >= 4 is 11.8 Å². The van der Waals surface area contributed by atoms with Gasteiger partial charge in [-0.05, 0) is 18.7 Å². The molecule has 1 aromatic carbocycles. The zero-order chi connectivity index (χ0) is 9.52. The summed E-state index contributed by atoms with van der Waals surface area (Å²) in [6, 6.07) is 11.1. The van der Waals surface area contributed by atoms with Gasteiger partial charge in [0.2, 0.25) is 0 Å². The number of hydrogen-bond donors (Lipinski definition) is 1. The van der Waals surface area contributed by atoms with E-state index in [-0.39, 0.29) is 0 Å². The maximum Gasteiger partial charge on any atom is 0.0208 e. The molecule has 0 aliphatic carbocycles. The van der Waals surface area contributed by atoms with Crippen LogP contribution in [0.5, 0.6) is 0 Å². The molecule has 0 amide bonds. The Balaban J connectivity index is 2.27. The van der Waals surface area contributed by atoms with Crippen LogP contribution < -0.4 is 5.32 Å². The summed E-state index contributed by atoms with van der Waals surface area (Å²) in [5.74, 6) is 1.17. The van der Waals surface area contributed by atoms with E-state index in [0.29, 0.717) is 6.04 Å². The Morgan fingerprint density at radius 3 is 2.62 bits per heavy atom. The van der Waals surface area contributed by atoms with Crippen LogP contribution in [0, 0.1) is 0 Å². The second-order valence-corrected chi connectivity index (χ2v) is 4.13. The average molecular weight is 195 g/mol. The van der Waals surface area contributed by atoms with Crippen molar-refractivity contribution in [2.75, 3.05) is 12.0 Å². The lowest BCUT2D eigenvalue weighted by molar-refractivity contribution is 0.596. The number of rotatable bonds is 5. The summed E-state index contributed by atoms with van der Waals surface area (Å²) >= 11 is 1.88. The zero-order valence-corrected chi connectivity index (χ0v) is 9.10.